The van der Waals surface area contributed by atoms with Gasteiger partial charge in [-0.3, -0.25) is 4.79 Å². The van der Waals surface area contributed by atoms with Crippen molar-refractivity contribution in [3.8, 4) is 0 Å². The molecule has 5 nitrogen and oxygen atoms in total. The van der Waals surface area contributed by atoms with Crippen LogP contribution in [0.1, 0.15) is 46.2 Å². The van der Waals surface area contributed by atoms with Crippen molar-refractivity contribution in [2.75, 3.05) is 29.9 Å². The van der Waals surface area contributed by atoms with Gasteiger partial charge in [0.15, 0.2) is 0 Å². The van der Waals surface area contributed by atoms with Crippen molar-refractivity contribution in [3.63, 3.8) is 0 Å². The average Bonchev–Trinajstić information content (AvgIpc) is 2.68. The second-order valence-electron chi connectivity index (χ2n) is 9.49. The molecule has 1 saturated heterocycles. The molecule has 0 aromatic heterocycles. The minimum atomic E-state index is -0.265. The summed E-state index contributed by atoms with van der Waals surface area (Å²) >= 11 is 0. The summed E-state index contributed by atoms with van der Waals surface area (Å²) in [5.74, 6) is -0.378. The molecule has 1 fully saturated rings. The number of hydrogen-bond acceptors (Lipinski definition) is 4. The Morgan fingerprint density at radius 1 is 1.06 bits per heavy atom. The fourth-order valence-corrected chi connectivity index (χ4v) is 4.12. The number of anilines is 2. The fourth-order valence-electron chi connectivity index (χ4n) is 4.12. The van der Waals surface area contributed by atoms with Gasteiger partial charge in [-0.1, -0.05) is 32.9 Å². The standard InChI is InChI=1S/C25H34FN3O2/c1-17-15-29(16-18(2)31-17)22-12-10-21(11-13-22)28-23(30)14-27-24(25(3,4)5)19-6-8-20(26)9-7-19/h6-13,17-18,24,27H,14-16H2,1-5H3,(H,28,30). The Kier molecular flexibility index (Phi) is 7.34. The summed E-state index contributed by atoms with van der Waals surface area (Å²) in [7, 11) is 0. The van der Waals surface area contributed by atoms with Gasteiger partial charge < -0.3 is 20.3 Å². The number of nitrogens with one attached hydrogen (secondary N) is 2. The highest BCUT2D eigenvalue weighted by Crippen LogP contribution is 2.32. The van der Waals surface area contributed by atoms with Gasteiger partial charge in [0.05, 0.1) is 18.8 Å². The lowest BCUT2D eigenvalue weighted by Gasteiger charge is -2.36. The van der Waals surface area contributed by atoms with E-state index in [-0.39, 0.29) is 41.9 Å². The van der Waals surface area contributed by atoms with Crippen LogP contribution in [0.25, 0.3) is 0 Å². The molecule has 1 heterocycles. The SMILES string of the molecule is CC1CN(c2ccc(NC(=O)CNC(c3ccc(F)cc3)C(C)(C)C)cc2)CC(C)O1. The van der Waals surface area contributed by atoms with Crippen LogP contribution in [0.15, 0.2) is 48.5 Å². The van der Waals surface area contributed by atoms with E-state index in [4.69, 9.17) is 4.74 Å². The zero-order valence-electron chi connectivity index (χ0n) is 19.1. The molecule has 0 saturated carbocycles. The Balaban J connectivity index is 1.57. The van der Waals surface area contributed by atoms with Crippen LogP contribution in [0.4, 0.5) is 15.8 Å². The lowest BCUT2D eigenvalue weighted by molar-refractivity contribution is -0.115. The summed E-state index contributed by atoms with van der Waals surface area (Å²) in [4.78, 5) is 14.8. The van der Waals surface area contributed by atoms with E-state index < -0.39 is 0 Å². The number of morpholine rings is 1. The largest absolute Gasteiger partial charge is 0.372 e. The molecule has 2 N–H and O–H groups in total. The monoisotopic (exact) mass is 427 g/mol. The molecule has 6 heteroatoms. The summed E-state index contributed by atoms with van der Waals surface area (Å²) in [6.07, 6.45) is 0.400. The maximum atomic E-state index is 13.3. The van der Waals surface area contributed by atoms with E-state index >= 15 is 0 Å². The minimum Gasteiger partial charge on any atom is -0.372 e. The van der Waals surface area contributed by atoms with Crippen molar-refractivity contribution in [3.05, 3.63) is 59.9 Å². The van der Waals surface area contributed by atoms with E-state index in [0.29, 0.717) is 0 Å². The van der Waals surface area contributed by atoms with Gasteiger partial charge in [0, 0.05) is 30.5 Å². The molecule has 3 atom stereocenters. The van der Waals surface area contributed by atoms with Crippen LogP contribution < -0.4 is 15.5 Å². The number of ether oxygens (including phenoxy) is 1. The van der Waals surface area contributed by atoms with E-state index in [1.807, 2.05) is 24.3 Å². The normalized spacial score (nSPS) is 20.4. The molecule has 1 amide bonds. The highest BCUT2D eigenvalue weighted by molar-refractivity contribution is 5.92. The number of carbonyl (C=O) groups excluding carboxylic acids is 1. The zero-order chi connectivity index (χ0) is 22.6. The lowest BCUT2D eigenvalue weighted by atomic mass is 9.82. The van der Waals surface area contributed by atoms with Crippen LogP contribution in [0, 0.1) is 11.2 Å². The van der Waals surface area contributed by atoms with Crippen molar-refractivity contribution in [1.82, 2.24) is 5.32 Å². The van der Waals surface area contributed by atoms with E-state index in [1.165, 1.54) is 12.1 Å². The first kappa shape index (κ1) is 23.2. The van der Waals surface area contributed by atoms with Crippen LogP contribution in [0.2, 0.25) is 0 Å². The zero-order valence-corrected chi connectivity index (χ0v) is 19.1. The number of amides is 1. The van der Waals surface area contributed by atoms with Crippen molar-refractivity contribution in [1.29, 1.82) is 0 Å². The molecular formula is C25H34FN3O2. The van der Waals surface area contributed by atoms with Crippen LogP contribution in [0.5, 0.6) is 0 Å². The molecule has 0 radical (unpaired) electrons. The van der Waals surface area contributed by atoms with Crippen LogP contribution in [-0.4, -0.2) is 37.7 Å². The van der Waals surface area contributed by atoms with Crippen molar-refractivity contribution in [2.24, 2.45) is 5.41 Å². The number of rotatable bonds is 6. The fraction of sp³-hybridized carbons (Fsp3) is 0.480. The van der Waals surface area contributed by atoms with Gasteiger partial charge in [-0.25, -0.2) is 4.39 Å². The molecule has 1 aliphatic heterocycles. The minimum absolute atomic E-state index is 0.0773. The quantitative estimate of drug-likeness (QED) is 0.698. The highest BCUT2D eigenvalue weighted by Gasteiger charge is 2.26. The van der Waals surface area contributed by atoms with Crippen molar-refractivity contribution < 1.29 is 13.9 Å². The molecule has 1 aliphatic rings. The smallest absolute Gasteiger partial charge is 0.238 e. The topological polar surface area (TPSA) is 53.6 Å². The Morgan fingerprint density at radius 3 is 2.19 bits per heavy atom. The molecular weight excluding hydrogens is 393 g/mol. The first-order chi connectivity index (χ1) is 14.6. The van der Waals surface area contributed by atoms with Gasteiger partial charge in [0.2, 0.25) is 5.91 Å². The van der Waals surface area contributed by atoms with E-state index in [0.717, 1.165) is 30.0 Å². The van der Waals surface area contributed by atoms with Crippen LogP contribution >= 0.6 is 0 Å². The summed E-state index contributed by atoms with van der Waals surface area (Å²) in [6, 6.07) is 14.3. The van der Waals surface area contributed by atoms with Crippen LogP contribution in [-0.2, 0) is 9.53 Å². The average molecular weight is 428 g/mol. The maximum Gasteiger partial charge on any atom is 0.238 e. The molecule has 168 valence electrons. The third-order valence-electron chi connectivity index (χ3n) is 5.47. The van der Waals surface area contributed by atoms with Gasteiger partial charge in [0.1, 0.15) is 5.82 Å². The van der Waals surface area contributed by atoms with E-state index in [2.05, 4.69) is 50.2 Å². The molecule has 2 aromatic rings. The van der Waals surface area contributed by atoms with Gasteiger partial charge in [-0.15, -0.1) is 0 Å². The highest BCUT2D eigenvalue weighted by atomic mass is 19.1. The first-order valence-corrected chi connectivity index (χ1v) is 10.9. The second-order valence-corrected chi connectivity index (χ2v) is 9.49. The first-order valence-electron chi connectivity index (χ1n) is 10.9. The Labute approximate surface area is 185 Å². The molecule has 3 unspecified atom stereocenters. The van der Waals surface area contributed by atoms with E-state index in [1.54, 1.807) is 12.1 Å². The number of carbonyl (C=O) groups is 1. The summed E-state index contributed by atoms with van der Waals surface area (Å²) < 4.78 is 19.1. The Bertz CT molecular complexity index is 852. The van der Waals surface area contributed by atoms with Gasteiger partial charge in [-0.2, -0.15) is 0 Å². The predicted molar refractivity (Wildman–Crippen MR) is 124 cm³/mol. The van der Waals surface area contributed by atoms with E-state index in [9.17, 15) is 9.18 Å². The summed E-state index contributed by atoms with van der Waals surface area (Å²) in [5, 5.41) is 6.28. The number of benzene rings is 2. The van der Waals surface area contributed by atoms with Gasteiger partial charge >= 0.3 is 0 Å². The predicted octanol–water partition coefficient (Wildman–Crippen LogP) is 4.75. The number of nitrogens with zero attached hydrogens (tertiary/aromatic N) is 1. The number of hydrogen-bond donors (Lipinski definition) is 2. The van der Waals surface area contributed by atoms with Gasteiger partial charge in [-0.05, 0) is 61.2 Å². The van der Waals surface area contributed by atoms with Gasteiger partial charge in [0.25, 0.3) is 0 Å². The molecule has 0 aliphatic carbocycles. The summed E-state index contributed by atoms with van der Waals surface area (Å²) in [5.41, 5.74) is 2.72. The number of halogens is 1. The lowest BCUT2D eigenvalue weighted by Crippen LogP contribution is -2.45. The summed E-state index contributed by atoms with van der Waals surface area (Å²) in [6.45, 7) is 12.3. The Morgan fingerprint density at radius 2 is 1.65 bits per heavy atom. The second kappa shape index (κ2) is 9.79. The van der Waals surface area contributed by atoms with Crippen molar-refractivity contribution >= 4 is 17.3 Å². The third-order valence-corrected chi connectivity index (χ3v) is 5.47. The molecule has 0 bridgehead atoms. The van der Waals surface area contributed by atoms with Crippen LogP contribution in [0.3, 0.4) is 0 Å². The maximum absolute atomic E-state index is 13.3. The molecule has 31 heavy (non-hydrogen) atoms. The molecule has 0 spiro atoms. The third kappa shape index (κ3) is 6.52. The Hall–Kier alpha value is -2.44. The van der Waals surface area contributed by atoms with Crippen molar-refractivity contribution in [2.45, 2.75) is 52.9 Å². The molecule has 2 aromatic carbocycles. The molecule has 3 rings (SSSR count).